The maximum atomic E-state index is 10.1. The zero-order valence-electron chi connectivity index (χ0n) is 8.01. The van der Waals surface area contributed by atoms with E-state index in [4.69, 9.17) is 0 Å². The van der Waals surface area contributed by atoms with Gasteiger partial charge in [0.25, 0.3) is 0 Å². The quantitative estimate of drug-likeness (QED) is 0.451. The van der Waals surface area contributed by atoms with Crippen LogP contribution < -0.4 is 0 Å². The fourth-order valence-electron chi connectivity index (χ4n) is 1.82. The second-order valence-electron chi connectivity index (χ2n) is 3.49. The van der Waals surface area contributed by atoms with Gasteiger partial charge in [-0.05, 0) is 24.3 Å². The van der Waals surface area contributed by atoms with Crippen molar-refractivity contribution in [2.24, 2.45) is 0 Å². The van der Waals surface area contributed by atoms with Crippen LogP contribution in [-0.4, -0.2) is 20.2 Å². The molecule has 0 saturated heterocycles. The summed E-state index contributed by atoms with van der Waals surface area (Å²) in [5.74, 6) is 0.316. The Labute approximate surface area is 96.8 Å². The topological polar surface area (TPSA) is 33.1 Å². The van der Waals surface area contributed by atoms with E-state index < -0.39 is 0 Å². The molecule has 1 N–H and O–H groups in total. The van der Waals surface area contributed by atoms with Gasteiger partial charge >= 0.3 is 10.1 Å². The second-order valence-corrected chi connectivity index (χ2v) is 3.49. The molecule has 2 nitrogen and oxygen atoms in total. The summed E-state index contributed by atoms with van der Waals surface area (Å²) in [6.45, 7) is 0. The van der Waals surface area contributed by atoms with Gasteiger partial charge in [0.05, 0.1) is 11.0 Å². The molecular weight excluding hydrogens is 195 g/mol. The van der Waals surface area contributed by atoms with E-state index in [1.165, 1.54) is 0 Å². The number of para-hydroxylation sites is 2. The van der Waals surface area contributed by atoms with Gasteiger partial charge in [-0.1, -0.05) is 24.3 Å². The molecule has 16 heavy (non-hydrogen) atoms. The van der Waals surface area contributed by atoms with Gasteiger partial charge in [0.1, 0.15) is 5.75 Å². The molecule has 3 aromatic rings. The standard InChI is InChI=1S/C13H9NO.Be.2H/c15-13-9-5-1-3-7-11(9)14-12-8-4-2-6-10(12)13;;;/h1-8H,(H,14,15);;;. The van der Waals surface area contributed by atoms with Gasteiger partial charge < -0.3 is 5.11 Å². The van der Waals surface area contributed by atoms with Gasteiger partial charge in [-0.15, -0.1) is 0 Å². The molecule has 0 bridgehead atoms. The van der Waals surface area contributed by atoms with E-state index in [1.807, 2.05) is 48.5 Å². The van der Waals surface area contributed by atoms with E-state index in [0.717, 1.165) is 21.8 Å². The Bertz CT molecular complexity index is 598. The molecule has 0 aliphatic carbocycles. The number of benzene rings is 2. The fourth-order valence-corrected chi connectivity index (χ4v) is 1.82. The van der Waals surface area contributed by atoms with E-state index in [9.17, 15) is 5.11 Å². The van der Waals surface area contributed by atoms with Crippen molar-refractivity contribution in [3.63, 3.8) is 0 Å². The molecule has 76 valence electrons. The number of nitrogens with zero attached hydrogens (tertiary/aromatic N) is 1. The van der Waals surface area contributed by atoms with Crippen LogP contribution in [0.1, 0.15) is 0 Å². The summed E-state index contributed by atoms with van der Waals surface area (Å²) >= 11 is 0. The van der Waals surface area contributed by atoms with Crippen molar-refractivity contribution in [1.82, 2.24) is 4.98 Å². The monoisotopic (exact) mass is 206 g/mol. The van der Waals surface area contributed by atoms with E-state index >= 15 is 0 Å². The van der Waals surface area contributed by atoms with Gasteiger partial charge in [0.15, 0.2) is 0 Å². The molecule has 0 amide bonds. The van der Waals surface area contributed by atoms with Crippen molar-refractivity contribution in [3.05, 3.63) is 48.5 Å². The van der Waals surface area contributed by atoms with Crippen molar-refractivity contribution >= 4 is 31.9 Å². The molecule has 3 heteroatoms. The number of aromatic nitrogens is 1. The molecule has 0 saturated carbocycles. The zero-order valence-corrected chi connectivity index (χ0v) is 8.01. The van der Waals surface area contributed by atoms with Crippen molar-refractivity contribution in [2.75, 3.05) is 0 Å². The number of rotatable bonds is 0. The van der Waals surface area contributed by atoms with Crippen LogP contribution in [0.25, 0.3) is 21.8 Å². The van der Waals surface area contributed by atoms with Gasteiger partial charge in [-0.2, -0.15) is 0 Å². The van der Waals surface area contributed by atoms with E-state index in [2.05, 4.69) is 4.98 Å². The minimum absolute atomic E-state index is 0. The molecule has 0 unspecified atom stereocenters. The van der Waals surface area contributed by atoms with Gasteiger partial charge in [-0.3, -0.25) is 0 Å². The van der Waals surface area contributed by atoms with E-state index in [-0.39, 0.29) is 10.1 Å². The van der Waals surface area contributed by atoms with Gasteiger partial charge in [0, 0.05) is 10.8 Å². The van der Waals surface area contributed by atoms with Crippen molar-refractivity contribution in [3.8, 4) is 5.75 Å². The van der Waals surface area contributed by atoms with Crippen LogP contribution >= 0.6 is 0 Å². The Morgan fingerprint density at radius 2 is 1.19 bits per heavy atom. The maximum absolute atomic E-state index is 10.1. The van der Waals surface area contributed by atoms with Crippen molar-refractivity contribution in [2.45, 2.75) is 0 Å². The summed E-state index contributed by atoms with van der Waals surface area (Å²) in [7, 11) is 0. The number of aromatic hydroxyl groups is 1. The Hall–Kier alpha value is -1.92. The molecule has 0 atom stereocenters. The first-order valence-corrected chi connectivity index (χ1v) is 4.83. The number of hydrogen-bond acceptors (Lipinski definition) is 2. The molecule has 0 aliphatic heterocycles. The summed E-state index contributed by atoms with van der Waals surface area (Å²) in [5, 5.41) is 11.7. The Morgan fingerprint density at radius 3 is 1.69 bits per heavy atom. The average molecular weight is 206 g/mol. The van der Waals surface area contributed by atoms with Gasteiger partial charge in [0.2, 0.25) is 0 Å². The summed E-state index contributed by atoms with van der Waals surface area (Å²) in [6.07, 6.45) is 0. The molecular formula is C13H11BeNO. The van der Waals surface area contributed by atoms with Crippen LogP contribution in [0.15, 0.2) is 48.5 Å². The van der Waals surface area contributed by atoms with Gasteiger partial charge in [-0.25, -0.2) is 4.98 Å². The SMILES string of the molecule is Oc1c2ccccc2nc2ccccc12.[BeH2]. The summed E-state index contributed by atoms with van der Waals surface area (Å²) in [6, 6.07) is 15.2. The summed E-state index contributed by atoms with van der Waals surface area (Å²) in [4.78, 5) is 4.48. The zero-order chi connectivity index (χ0) is 10.3. The average Bonchev–Trinajstić information content (AvgIpc) is 2.30. The first-order chi connectivity index (χ1) is 7.36. The Morgan fingerprint density at radius 1 is 0.750 bits per heavy atom. The van der Waals surface area contributed by atoms with Crippen LogP contribution in [-0.2, 0) is 0 Å². The van der Waals surface area contributed by atoms with Crippen LogP contribution in [0.3, 0.4) is 0 Å². The van der Waals surface area contributed by atoms with Crippen LogP contribution in [0.4, 0.5) is 0 Å². The van der Waals surface area contributed by atoms with E-state index in [1.54, 1.807) is 0 Å². The molecule has 0 radical (unpaired) electrons. The van der Waals surface area contributed by atoms with Crippen LogP contribution in [0, 0.1) is 0 Å². The van der Waals surface area contributed by atoms with Crippen LogP contribution in [0.5, 0.6) is 5.75 Å². The van der Waals surface area contributed by atoms with Crippen molar-refractivity contribution in [1.29, 1.82) is 0 Å². The fraction of sp³-hybridized carbons (Fsp3) is 0. The second kappa shape index (κ2) is 3.91. The van der Waals surface area contributed by atoms with Crippen LogP contribution in [0.2, 0.25) is 0 Å². The predicted molar refractivity (Wildman–Crippen MR) is 69.5 cm³/mol. The first-order valence-electron chi connectivity index (χ1n) is 4.83. The number of pyridine rings is 1. The summed E-state index contributed by atoms with van der Waals surface area (Å²) < 4.78 is 0. The number of hydrogen-bond donors (Lipinski definition) is 1. The molecule has 0 spiro atoms. The van der Waals surface area contributed by atoms with E-state index in [0.29, 0.717) is 5.75 Å². The molecule has 0 aliphatic rings. The summed E-state index contributed by atoms with van der Waals surface area (Å²) in [5.41, 5.74) is 1.66. The third kappa shape index (κ3) is 1.44. The third-order valence-corrected chi connectivity index (χ3v) is 2.56. The molecule has 3 rings (SSSR count). The normalized spacial score (nSPS) is 10.2. The Kier molecular flexibility index (Phi) is 2.59. The first kappa shape index (κ1) is 10.6. The molecule has 1 heterocycles. The van der Waals surface area contributed by atoms with Crippen molar-refractivity contribution < 1.29 is 5.11 Å². The third-order valence-electron chi connectivity index (χ3n) is 2.56. The number of fused-ring (bicyclic) bond motifs is 2. The molecule has 2 aromatic carbocycles. The molecule has 0 fully saturated rings. The molecule has 1 aromatic heterocycles. The minimum atomic E-state index is 0. The predicted octanol–water partition coefficient (Wildman–Crippen LogP) is 2.18. The Balaban J connectivity index is 0.000000963.